The fourth-order valence-corrected chi connectivity index (χ4v) is 2.02. The number of rotatable bonds is 11. The minimum atomic E-state index is 0.459. The molecule has 17 heavy (non-hydrogen) atoms. The minimum absolute atomic E-state index is 0.459. The van der Waals surface area contributed by atoms with Crippen LogP contribution < -0.4 is 5.73 Å². The van der Waals surface area contributed by atoms with Crippen LogP contribution >= 0.6 is 0 Å². The lowest BCUT2D eigenvalue weighted by molar-refractivity contribution is 0.0556. The van der Waals surface area contributed by atoms with Crippen LogP contribution in [0.15, 0.2) is 0 Å². The molecule has 0 saturated carbocycles. The Morgan fingerprint density at radius 3 is 2.35 bits per heavy atom. The van der Waals surface area contributed by atoms with E-state index in [4.69, 9.17) is 15.2 Å². The van der Waals surface area contributed by atoms with Crippen molar-refractivity contribution in [3.63, 3.8) is 0 Å². The van der Waals surface area contributed by atoms with Crippen molar-refractivity contribution in [3.8, 4) is 0 Å². The summed E-state index contributed by atoms with van der Waals surface area (Å²) in [4.78, 5) is 2.47. The molecule has 2 N–H and O–H groups in total. The van der Waals surface area contributed by atoms with E-state index in [-0.39, 0.29) is 0 Å². The Hall–Kier alpha value is -0.160. The zero-order valence-electron chi connectivity index (χ0n) is 11.9. The first kappa shape index (κ1) is 16.8. The van der Waals surface area contributed by atoms with Crippen molar-refractivity contribution in [2.24, 2.45) is 11.7 Å². The Kier molecular flexibility index (Phi) is 10.9. The van der Waals surface area contributed by atoms with Gasteiger partial charge in [-0.15, -0.1) is 0 Å². The molecule has 0 amide bonds. The molecule has 0 aromatic heterocycles. The zero-order valence-corrected chi connectivity index (χ0v) is 11.9. The average Bonchev–Trinajstić information content (AvgIpc) is 2.29. The predicted octanol–water partition coefficient (Wildman–Crippen LogP) is 1.34. The van der Waals surface area contributed by atoms with Crippen molar-refractivity contribution in [1.82, 2.24) is 4.90 Å². The van der Waals surface area contributed by atoms with Gasteiger partial charge in [-0.2, -0.15) is 0 Å². The molecule has 0 fully saturated rings. The SMILES string of the molecule is COCCN(CC(C)C)C(CCCN)COC. The Morgan fingerprint density at radius 1 is 1.18 bits per heavy atom. The lowest BCUT2D eigenvalue weighted by atomic mass is 10.1. The third-order valence-corrected chi connectivity index (χ3v) is 2.80. The molecule has 0 rings (SSSR count). The number of hydrogen-bond acceptors (Lipinski definition) is 4. The van der Waals surface area contributed by atoms with Gasteiger partial charge in [0.15, 0.2) is 0 Å². The monoisotopic (exact) mass is 246 g/mol. The predicted molar refractivity (Wildman–Crippen MR) is 72.2 cm³/mol. The van der Waals surface area contributed by atoms with E-state index in [1.54, 1.807) is 14.2 Å². The van der Waals surface area contributed by atoms with Crippen molar-refractivity contribution in [1.29, 1.82) is 0 Å². The summed E-state index contributed by atoms with van der Waals surface area (Å²) in [5, 5.41) is 0. The highest BCUT2D eigenvalue weighted by Crippen LogP contribution is 2.10. The summed E-state index contributed by atoms with van der Waals surface area (Å²) >= 11 is 0. The van der Waals surface area contributed by atoms with Gasteiger partial charge in [-0.25, -0.2) is 0 Å². The lowest BCUT2D eigenvalue weighted by Gasteiger charge is -2.32. The molecule has 0 aromatic rings. The van der Waals surface area contributed by atoms with Gasteiger partial charge in [0.1, 0.15) is 0 Å². The molecule has 0 bridgehead atoms. The maximum atomic E-state index is 5.59. The van der Waals surface area contributed by atoms with Crippen LogP contribution in [0.3, 0.4) is 0 Å². The van der Waals surface area contributed by atoms with Gasteiger partial charge < -0.3 is 15.2 Å². The first-order valence-electron chi connectivity index (χ1n) is 6.57. The first-order chi connectivity index (χ1) is 8.15. The highest BCUT2D eigenvalue weighted by molar-refractivity contribution is 4.73. The molecule has 4 nitrogen and oxygen atoms in total. The Bertz CT molecular complexity index is 165. The zero-order chi connectivity index (χ0) is 13.1. The van der Waals surface area contributed by atoms with Gasteiger partial charge in [0.05, 0.1) is 13.2 Å². The second kappa shape index (κ2) is 11.0. The van der Waals surface area contributed by atoms with E-state index in [0.29, 0.717) is 12.0 Å². The first-order valence-corrected chi connectivity index (χ1v) is 6.57. The Labute approximate surface area is 106 Å². The van der Waals surface area contributed by atoms with Gasteiger partial charge in [-0.05, 0) is 25.3 Å². The lowest BCUT2D eigenvalue weighted by Crippen LogP contribution is -2.42. The van der Waals surface area contributed by atoms with Crippen molar-refractivity contribution in [2.45, 2.75) is 32.7 Å². The molecule has 0 spiro atoms. The van der Waals surface area contributed by atoms with Crippen LogP contribution in [-0.4, -0.2) is 58.0 Å². The van der Waals surface area contributed by atoms with E-state index in [1.165, 1.54) is 0 Å². The fourth-order valence-electron chi connectivity index (χ4n) is 2.02. The molecule has 0 saturated heterocycles. The van der Waals surface area contributed by atoms with E-state index in [0.717, 1.165) is 45.7 Å². The third-order valence-electron chi connectivity index (χ3n) is 2.80. The average molecular weight is 246 g/mol. The summed E-state index contributed by atoms with van der Waals surface area (Å²) < 4.78 is 10.5. The summed E-state index contributed by atoms with van der Waals surface area (Å²) in [6.07, 6.45) is 2.15. The van der Waals surface area contributed by atoms with Crippen LogP contribution in [0, 0.1) is 5.92 Å². The quantitative estimate of drug-likeness (QED) is 0.598. The summed E-state index contributed by atoms with van der Waals surface area (Å²) in [6.45, 7) is 8.83. The van der Waals surface area contributed by atoms with Crippen LogP contribution in [0.1, 0.15) is 26.7 Å². The van der Waals surface area contributed by atoms with Crippen molar-refractivity contribution < 1.29 is 9.47 Å². The molecule has 0 heterocycles. The normalized spacial score (nSPS) is 13.6. The molecule has 1 atom stereocenters. The number of ether oxygens (including phenoxy) is 2. The third kappa shape index (κ3) is 8.55. The number of nitrogens with zero attached hydrogens (tertiary/aromatic N) is 1. The summed E-state index contributed by atoms with van der Waals surface area (Å²) in [6, 6.07) is 0.459. The Balaban J connectivity index is 4.31. The molecule has 0 aliphatic heterocycles. The van der Waals surface area contributed by atoms with Gasteiger partial charge in [0, 0.05) is 33.4 Å². The van der Waals surface area contributed by atoms with Crippen LogP contribution in [0.2, 0.25) is 0 Å². The maximum Gasteiger partial charge on any atom is 0.0618 e. The van der Waals surface area contributed by atoms with Crippen molar-refractivity contribution >= 4 is 0 Å². The summed E-state index contributed by atoms with van der Waals surface area (Å²) in [5.41, 5.74) is 5.59. The van der Waals surface area contributed by atoms with E-state index >= 15 is 0 Å². The molecule has 0 aliphatic carbocycles. The molecule has 1 unspecified atom stereocenters. The second-order valence-corrected chi connectivity index (χ2v) is 4.92. The fraction of sp³-hybridized carbons (Fsp3) is 1.00. The molecular formula is C13H30N2O2. The van der Waals surface area contributed by atoms with Crippen LogP contribution in [0.4, 0.5) is 0 Å². The molecule has 104 valence electrons. The summed E-state index contributed by atoms with van der Waals surface area (Å²) in [5.74, 6) is 0.657. The van der Waals surface area contributed by atoms with E-state index in [9.17, 15) is 0 Å². The van der Waals surface area contributed by atoms with Crippen LogP contribution in [-0.2, 0) is 9.47 Å². The molecule has 0 aromatic carbocycles. The minimum Gasteiger partial charge on any atom is -0.383 e. The van der Waals surface area contributed by atoms with Gasteiger partial charge in [0.25, 0.3) is 0 Å². The standard InChI is InChI=1S/C13H30N2O2/c1-12(2)10-15(8-9-16-3)13(11-17-4)6-5-7-14/h12-13H,5-11,14H2,1-4H3. The topological polar surface area (TPSA) is 47.7 Å². The number of methoxy groups -OCH3 is 2. The van der Waals surface area contributed by atoms with Gasteiger partial charge in [-0.1, -0.05) is 13.8 Å². The second-order valence-electron chi connectivity index (χ2n) is 4.92. The highest BCUT2D eigenvalue weighted by atomic mass is 16.5. The van der Waals surface area contributed by atoms with Crippen molar-refractivity contribution in [3.05, 3.63) is 0 Å². The van der Waals surface area contributed by atoms with Gasteiger partial charge in [-0.3, -0.25) is 4.90 Å². The molecule has 0 aliphatic rings. The Morgan fingerprint density at radius 2 is 1.88 bits per heavy atom. The van der Waals surface area contributed by atoms with Crippen LogP contribution in [0.25, 0.3) is 0 Å². The largest absolute Gasteiger partial charge is 0.383 e. The summed E-state index contributed by atoms with van der Waals surface area (Å²) in [7, 11) is 3.51. The smallest absolute Gasteiger partial charge is 0.0618 e. The van der Waals surface area contributed by atoms with Gasteiger partial charge >= 0.3 is 0 Å². The molecular weight excluding hydrogens is 216 g/mol. The van der Waals surface area contributed by atoms with Crippen molar-refractivity contribution in [2.75, 3.05) is 47.1 Å². The molecule has 4 heteroatoms. The van der Waals surface area contributed by atoms with E-state index in [2.05, 4.69) is 18.7 Å². The maximum absolute atomic E-state index is 5.59. The molecule has 0 radical (unpaired) electrons. The van der Waals surface area contributed by atoms with Crippen LogP contribution in [0.5, 0.6) is 0 Å². The number of hydrogen-bond donors (Lipinski definition) is 1. The highest BCUT2D eigenvalue weighted by Gasteiger charge is 2.18. The van der Waals surface area contributed by atoms with Gasteiger partial charge in [0.2, 0.25) is 0 Å². The number of nitrogens with two attached hydrogens (primary N) is 1. The van der Waals surface area contributed by atoms with E-state index in [1.807, 2.05) is 0 Å². The van der Waals surface area contributed by atoms with E-state index < -0.39 is 0 Å².